The highest BCUT2D eigenvalue weighted by molar-refractivity contribution is 6.30. The summed E-state index contributed by atoms with van der Waals surface area (Å²) < 4.78 is 5.18. The minimum atomic E-state index is -0.228. The van der Waals surface area contributed by atoms with Gasteiger partial charge in [0.25, 0.3) is 0 Å². The summed E-state index contributed by atoms with van der Waals surface area (Å²) in [5.41, 5.74) is 1.89. The fourth-order valence-corrected chi connectivity index (χ4v) is 1.94. The van der Waals surface area contributed by atoms with Crippen molar-refractivity contribution in [1.82, 2.24) is 0 Å². The van der Waals surface area contributed by atoms with E-state index in [2.05, 4.69) is 5.32 Å². The number of carbonyl (C=O) groups is 1. The molecular formula is C16H16ClNO2. The normalized spacial score (nSPS) is 10.1. The zero-order valence-electron chi connectivity index (χ0n) is 11.0. The van der Waals surface area contributed by atoms with Crippen molar-refractivity contribution in [2.45, 2.75) is 13.0 Å². The number of anilines is 1. The van der Waals surface area contributed by atoms with E-state index in [4.69, 9.17) is 16.3 Å². The van der Waals surface area contributed by atoms with Crippen LogP contribution >= 0.6 is 11.6 Å². The molecule has 0 aliphatic rings. The lowest BCUT2D eigenvalue weighted by molar-refractivity contribution is -0.144. The molecule has 0 spiro atoms. The number of carbonyl (C=O) groups excluding carboxylic acids is 1. The van der Waals surface area contributed by atoms with Gasteiger partial charge >= 0.3 is 5.97 Å². The van der Waals surface area contributed by atoms with Crippen molar-refractivity contribution in [1.29, 1.82) is 0 Å². The highest BCUT2D eigenvalue weighted by atomic mass is 35.5. The maximum atomic E-state index is 11.6. The van der Waals surface area contributed by atoms with Crippen LogP contribution in [0.3, 0.4) is 0 Å². The number of ether oxygens (including phenoxy) is 1. The monoisotopic (exact) mass is 289 g/mol. The van der Waals surface area contributed by atoms with Crippen LogP contribution in [-0.4, -0.2) is 12.5 Å². The molecule has 0 bridgehead atoms. The Morgan fingerprint density at radius 2 is 1.90 bits per heavy atom. The summed E-state index contributed by atoms with van der Waals surface area (Å²) in [5.74, 6) is -0.228. The van der Waals surface area contributed by atoms with Crippen LogP contribution in [0.25, 0.3) is 0 Å². The van der Waals surface area contributed by atoms with Crippen LogP contribution in [-0.2, 0) is 16.1 Å². The zero-order valence-corrected chi connectivity index (χ0v) is 11.8. The second-order valence-corrected chi connectivity index (χ2v) is 4.77. The van der Waals surface area contributed by atoms with Gasteiger partial charge in [0, 0.05) is 17.3 Å². The summed E-state index contributed by atoms with van der Waals surface area (Å²) in [6, 6.07) is 17.0. The number of esters is 1. The Balaban J connectivity index is 1.68. The first-order chi connectivity index (χ1) is 9.74. The van der Waals surface area contributed by atoms with Crippen molar-refractivity contribution in [3.8, 4) is 0 Å². The quantitative estimate of drug-likeness (QED) is 0.820. The molecule has 0 aliphatic carbocycles. The molecule has 0 amide bonds. The summed E-state index contributed by atoms with van der Waals surface area (Å²) in [6.07, 6.45) is 0.329. The summed E-state index contributed by atoms with van der Waals surface area (Å²) in [7, 11) is 0. The second kappa shape index (κ2) is 7.56. The van der Waals surface area contributed by atoms with Crippen molar-refractivity contribution < 1.29 is 9.53 Å². The van der Waals surface area contributed by atoms with Gasteiger partial charge in [0.2, 0.25) is 0 Å². The topological polar surface area (TPSA) is 38.3 Å². The van der Waals surface area contributed by atoms with Gasteiger partial charge in [0.15, 0.2) is 0 Å². The Morgan fingerprint density at radius 3 is 2.65 bits per heavy atom. The number of rotatable bonds is 6. The largest absolute Gasteiger partial charge is 0.461 e. The van der Waals surface area contributed by atoms with Crippen LogP contribution in [0.4, 0.5) is 5.69 Å². The van der Waals surface area contributed by atoms with E-state index in [1.165, 1.54) is 0 Å². The fraction of sp³-hybridized carbons (Fsp3) is 0.188. The van der Waals surface area contributed by atoms with Crippen molar-refractivity contribution in [3.05, 3.63) is 65.2 Å². The third-order valence-electron chi connectivity index (χ3n) is 2.72. The van der Waals surface area contributed by atoms with E-state index in [1.54, 1.807) is 12.1 Å². The number of hydrogen-bond donors (Lipinski definition) is 1. The minimum Gasteiger partial charge on any atom is -0.461 e. The molecule has 1 N–H and O–H groups in total. The van der Waals surface area contributed by atoms with Gasteiger partial charge in [-0.2, -0.15) is 0 Å². The van der Waals surface area contributed by atoms with Gasteiger partial charge in [-0.3, -0.25) is 4.79 Å². The van der Waals surface area contributed by atoms with E-state index in [0.717, 1.165) is 11.3 Å². The Hall–Kier alpha value is -2.00. The molecule has 0 saturated heterocycles. The van der Waals surface area contributed by atoms with E-state index >= 15 is 0 Å². The molecule has 0 unspecified atom stereocenters. The minimum absolute atomic E-state index is 0.228. The van der Waals surface area contributed by atoms with E-state index < -0.39 is 0 Å². The molecule has 0 aromatic heterocycles. The Kier molecular flexibility index (Phi) is 5.44. The molecule has 2 aromatic rings. The maximum absolute atomic E-state index is 11.6. The molecule has 104 valence electrons. The lowest BCUT2D eigenvalue weighted by atomic mass is 10.2. The summed E-state index contributed by atoms with van der Waals surface area (Å²) in [6.45, 7) is 0.809. The van der Waals surface area contributed by atoms with Gasteiger partial charge in [0.1, 0.15) is 6.61 Å². The molecule has 0 fully saturated rings. The van der Waals surface area contributed by atoms with E-state index in [-0.39, 0.29) is 12.6 Å². The van der Waals surface area contributed by atoms with Gasteiger partial charge < -0.3 is 10.1 Å². The molecule has 2 rings (SSSR count). The van der Waals surface area contributed by atoms with Crippen molar-refractivity contribution >= 4 is 23.3 Å². The standard InChI is InChI=1S/C16H16ClNO2/c17-14-6-4-5-13(11-14)12-20-16(19)9-10-18-15-7-2-1-3-8-15/h1-8,11,18H,9-10,12H2. The van der Waals surface area contributed by atoms with E-state index in [9.17, 15) is 4.79 Å². The first-order valence-corrected chi connectivity index (χ1v) is 6.81. The van der Waals surface area contributed by atoms with Gasteiger partial charge in [-0.1, -0.05) is 41.9 Å². The van der Waals surface area contributed by atoms with Crippen LogP contribution in [0, 0.1) is 0 Å². The fourth-order valence-electron chi connectivity index (χ4n) is 1.73. The first kappa shape index (κ1) is 14.4. The number of para-hydroxylation sites is 1. The molecule has 0 aliphatic heterocycles. The summed E-state index contributed by atoms with van der Waals surface area (Å²) in [4.78, 5) is 11.6. The zero-order chi connectivity index (χ0) is 14.2. The SMILES string of the molecule is O=C(CCNc1ccccc1)OCc1cccc(Cl)c1. The molecule has 0 atom stereocenters. The molecule has 0 heterocycles. The van der Waals surface area contributed by atoms with Crippen molar-refractivity contribution in [2.75, 3.05) is 11.9 Å². The van der Waals surface area contributed by atoms with Gasteiger partial charge in [-0.25, -0.2) is 0 Å². The Bertz CT molecular complexity index is 557. The number of hydrogen-bond acceptors (Lipinski definition) is 3. The van der Waals surface area contributed by atoms with E-state index in [0.29, 0.717) is 18.0 Å². The van der Waals surface area contributed by atoms with Crippen molar-refractivity contribution in [3.63, 3.8) is 0 Å². The molecule has 20 heavy (non-hydrogen) atoms. The predicted molar refractivity (Wildman–Crippen MR) is 80.8 cm³/mol. The van der Waals surface area contributed by atoms with Crippen molar-refractivity contribution in [2.24, 2.45) is 0 Å². The second-order valence-electron chi connectivity index (χ2n) is 4.33. The van der Waals surface area contributed by atoms with Crippen LogP contribution in [0.1, 0.15) is 12.0 Å². The summed E-state index contributed by atoms with van der Waals surface area (Å²) >= 11 is 5.86. The number of benzene rings is 2. The Morgan fingerprint density at radius 1 is 1.10 bits per heavy atom. The summed E-state index contributed by atoms with van der Waals surface area (Å²) in [5, 5.41) is 3.80. The van der Waals surface area contributed by atoms with Gasteiger partial charge in [-0.05, 0) is 29.8 Å². The van der Waals surface area contributed by atoms with Crippen LogP contribution in [0.2, 0.25) is 5.02 Å². The van der Waals surface area contributed by atoms with Crippen LogP contribution in [0.5, 0.6) is 0 Å². The smallest absolute Gasteiger partial charge is 0.307 e. The molecule has 2 aromatic carbocycles. The van der Waals surface area contributed by atoms with E-state index in [1.807, 2.05) is 42.5 Å². The van der Waals surface area contributed by atoms with Crippen LogP contribution in [0.15, 0.2) is 54.6 Å². The molecule has 4 heteroatoms. The number of nitrogens with one attached hydrogen (secondary N) is 1. The molecule has 3 nitrogen and oxygen atoms in total. The molecular weight excluding hydrogens is 274 g/mol. The molecule has 0 radical (unpaired) electrons. The first-order valence-electron chi connectivity index (χ1n) is 6.43. The Labute approximate surface area is 123 Å². The third-order valence-corrected chi connectivity index (χ3v) is 2.96. The van der Waals surface area contributed by atoms with Gasteiger partial charge in [0.05, 0.1) is 6.42 Å². The average Bonchev–Trinajstić information content (AvgIpc) is 2.46. The number of halogens is 1. The lowest BCUT2D eigenvalue weighted by Crippen LogP contribution is -2.11. The van der Waals surface area contributed by atoms with Gasteiger partial charge in [-0.15, -0.1) is 0 Å². The third kappa shape index (κ3) is 4.94. The highest BCUT2D eigenvalue weighted by Crippen LogP contribution is 2.11. The predicted octanol–water partition coefficient (Wildman–Crippen LogP) is 3.89. The molecule has 0 saturated carbocycles. The van der Waals surface area contributed by atoms with Crippen LogP contribution < -0.4 is 5.32 Å². The highest BCUT2D eigenvalue weighted by Gasteiger charge is 2.03. The lowest BCUT2D eigenvalue weighted by Gasteiger charge is -2.07. The maximum Gasteiger partial charge on any atom is 0.307 e. The average molecular weight is 290 g/mol.